The summed E-state index contributed by atoms with van der Waals surface area (Å²) in [6.45, 7) is 0.562. The molecule has 0 fully saturated rings. The van der Waals surface area contributed by atoms with Crippen LogP contribution in [0.3, 0.4) is 0 Å². The van der Waals surface area contributed by atoms with Gasteiger partial charge >= 0.3 is 0 Å². The van der Waals surface area contributed by atoms with Crippen molar-refractivity contribution < 1.29 is 0 Å². The van der Waals surface area contributed by atoms with Crippen LogP contribution in [0.4, 0.5) is 0 Å². The largest absolute Gasteiger partial charge is 0.351 e. The molecule has 0 unspecified atom stereocenters. The fourth-order valence-corrected chi connectivity index (χ4v) is 1.69. The summed E-state index contributed by atoms with van der Waals surface area (Å²) in [5.74, 6) is 0.117. The van der Waals surface area contributed by atoms with Crippen LogP contribution in [0.1, 0.15) is 16.7 Å². The number of nitriles is 1. The van der Waals surface area contributed by atoms with Gasteiger partial charge < -0.3 is 5.32 Å². The maximum absolute atomic E-state index is 8.80. The van der Waals surface area contributed by atoms with Crippen molar-refractivity contribution in [1.29, 1.82) is 10.7 Å². The maximum Gasteiger partial charge on any atom is 0.209 e. The summed E-state index contributed by atoms with van der Waals surface area (Å²) in [6.07, 6.45) is 1.57. The number of hydrogen-bond donors (Lipinski definition) is 3. The first-order valence-electron chi connectivity index (χ1n) is 6.43. The fraction of sp³-hybridized carbons (Fsp3) is 0.0625. The summed E-state index contributed by atoms with van der Waals surface area (Å²) in [6, 6.07) is 19.0. The van der Waals surface area contributed by atoms with Crippen LogP contribution in [0.2, 0.25) is 0 Å². The topological polar surface area (TPSA) is 84.1 Å². The van der Waals surface area contributed by atoms with Crippen LogP contribution in [-0.2, 0) is 6.54 Å². The van der Waals surface area contributed by atoms with Crippen LogP contribution in [-0.4, -0.2) is 12.2 Å². The fourth-order valence-electron chi connectivity index (χ4n) is 1.69. The van der Waals surface area contributed by atoms with Gasteiger partial charge in [0, 0.05) is 6.54 Å². The Balaban J connectivity index is 1.81. The highest BCUT2D eigenvalue weighted by Gasteiger charge is 1.95. The van der Waals surface area contributed by atoms with E-state index in [9.17, 15) is 0 Å². The van der Waals surface area contributed by atoms with Crippen LogP contribution in [0, 0.1) is 16.7 Å². The van der Waals surface area contributed by atoms with Crippen molar-refractivity contribution in [1.82, 2.24) is 10.7 Å². The normalized spacial score (nSPS) is 10.0. The van der Waals surface area contributed by atoms with Crippen molar-refractivity contribution >= 4 is 12.2 Å². The molecule has 0 aromatic heterocycles. The molecule has 0 saturated heterocycles. The van der Waals surface area contributed by atoms with E-state index >= 15 is 0 Å². The molecule has 104 valence electrons. The van der Waals surface area contributed by atoms with Crippen LogP contribution in [0.25, 0.3) is 0 Å². The predicted octanol–water partition coefficient (Wildman–Crippen LogP) is 2.21. The van der Waals surface area contributed by atoms with E-state index in [-0.39, 0.29) is 5.96 Å². The molecule has 21 heavy (non-hydrogen) atoms. The summed E-state index contributed by atoms with van der Waals surface area (Å²) < 4.78 is 0. The number of nitrogens with zero attached hydrogens (tertiary/aromatic N) is 2. The van der Waals surface area contributed by atoms with Gasteiger partial charge in [0.2, 0.25) is 5.96 Å². The van der Waals surface area contributed by atoms with Crippen molar-refractivity contribution in [2.24, 2.45) is 5.10 Å². The average molecular weight is 277 g/mol. The van der Waals surface area contributed by atoms with Gasteiger partial charge in [0.25, 0.3) is 0 Å². The Morgan fingerprint density at radius 3 is 2.76 bits per heavy atom. The van der Waals surface area contributed by atoms with Gasteiger partial charge in [0.1, 0.15) is 0 Å². The molecule has 5 nitrogen and oxygen atoms in total. The monoisotopic (exact) mass is 277 g/mol. The van der Waals surface area contributed by atoms with Crippen molar-refractivity contribution in [2.75, 3.05) is 0 Å². The van der Waals surface area contributed by atoms with E-state index in [4.69, 9.17) is 10.7 Å². The first-order valence-corrected chi connectivity index (χ1v) is 6.43. The molecule has 0 aliphatic heterocycles. The van der Waals surface area contributed by atoms with E-state index in [1.807, 2.05) is 36.4 Å². The number of rotatable bonds is 4. The number of hydrogen-bond acceptors (Lipinski definition) is 3. The molecule has 0 aliphatic carbocycles. The van der Waals surface area contributed by atoms with E-state index in [0.717, 1.165) is 11.1 Å². The van der Waals surface area contributed by atoms with Crippen molar-refractivity contribution in [3.63, 3.8) is 0 Å². The summed E-state index contributed by atoms with van der Waals surface area (Å²) in [5, 5.41) is 23.4. The molecule has 2 aromatic rings. The van der Waals surface area contributed by atoms with E-state index < -0.39 is 0 Å². The lowest BCUT2D eigenvalue weighted by atomic mass is 10.1. The van der Waals surface area contributed by atoms with Crippen molar-refractivity contribution in [3.05, 3.63) is 71.3 Å². The number of benzene rings is 2. The molecular weight excluding hydrogens is 262 g/mol. The predicted molar refractivity (Wildman–Crippen MR) is 82.9 cm³/mol. The lowest BCUT2D eigenvalue weighted by Crippen LogP contribution is -2.32. The Labute approximate surface area is 123 Å². The summed E-state index contributed by atoms with van der Waals surface area (Å²) in [4.78, 5) is 0. The molecule has 0 atom stereocenters. The number of guanidine groups is 1. The van der Waals surface area contributed by atoms with E-state index in [0.29, 0.717) is 12.1 Å². The number of hydrazone groups is 1. The standard InChI is InChI=1S/C16H15N5/c17-10-14-7-4-8-15(9-14)12-20-21-16(18)19-11-13-5-2-1-3-6-13/h1-9,12H,11H2,(H3,18,19,21)/b20-12+. The van der Waals surface area contributed by atoms with Gasteiger partial charge in [0.05, 0.1) is 17.8 Å². The molecule has 0 radical (unpaired) electrons. The quantitative estimate of drug-likeness (QED) is 0.455. The molecule has 0 amide bonds. The molecule has 0 spiro atoms. The van der Waals surface area contributed by atoms with E-state index in [1.54, 1.807) is 24.4 Å². The molecular formula is C16H15N5. The Morgan fingerprint density at radius 1 is 1.19 bits per heavy atom. The second kappa shape index (κ2) is 7.46. The van der Waals surface area contributed by atoms with Crippen LogP contribution in [0.5, 0.6) is 0 Å². The number of nitrogens with one attached hydrogen (secondary N) is 3. The molecule has 0 heterocycles. The van der Waals surface area contributed by atoms with Gasteiger partial charge in [-0.05, 0) is 23.3 Å². The third-order valence-electron chi connectivity index (χ3n) is 2.72. The zero-order valence-corrected chi connectivity index (χ0v) is 11.4. The Kier molecular flexibility index (Phi) is 5.07. The molecule has 0 saturated carbocycles. The summed E-state index contributed by atoms with van der Waals surface area (Å²) in [5.41, 5.74) is 5.07. The lowest BCUT2D eigenvalue weighted by molar-refractivity contribution is 0.837. The zero-order chi connectivity index (χ0) is 14.9. The third-order valence-corrected chi connectivity index (χ3v) is 2.72. The summed E-state index contributed by atoms with van der Waals surface area (Å²) in [7, 11) is 0. The minimum atomic E-state index is 0.117. The highest BCUT2D eigenvalue weighted by Crippen LogP contribution is 2.01. The SMILES string of the molecule is N#Cc1cccc(/C=N/NC(=N)NCc2ccccc2)c1. The van der Waals surface area contributed by atoms with Gasteiger partial charge in [-0.3, -0.25) is 5.41 Å². The molecule has 0 aliphatic rings. The minimum absolute atomic E-state index is 0.117. The second-order valence-electron chi connectivity index (χ2n) is 4.32. The van der Waals surface area contributed by atoms with Crippen LogP contribution in [0.15, 0.2) is 59.7 Å². The van der Waals surface area contributed by atoms with E-state index in [1.165, 1.54) is 0 Å². The van der Waals surface area contributed by atoms with Gasteiger partial charge in [-0.1, -0.05) is 42.5 Å². The zero-order valence-electron chi connectivity index (χ0n) is 11.4. The first-order chi connectivity index (χ1) is 10.3. The smallest absolute Gasteiger partial charge is 0.209 e. The Bertz CT molecular complexity index is 671. The second-order valence-corrected chi connectivity index (χ2v) is 4.32. The lowest BCUT2D eigenvalue weighted by Gasteiger charge is -2.06. The van der Waals surface area contributed by atoms with Crippen LogP contribution >= 0.6 is 0 Å². The highest BCUT2D eigenvalue weighted by atomic mass is 15.4. The first kappa shape index (κ1) is 14.3. The highest BCUT2D eigenvalue weighted by molar-refractivity contribution is 5.82. The molecule has 0 bridgehead atoms. The van der Waals surface area contributed by atoms with Crippen molar-refractivity contribution in [2.45, 2.75) is 6.54 Å². The molecule has 5 heteroatoms. The maximum atomic E-state index is 8.80. The van der Waals surface area contributed by atoms with Gasteiger partial charge in [-0.25, -0.2) is 5.43 Å². The van der Waals surface area contributed by atoms with Crippen LogP contribution < -0.4 is 10.7 Å². The van der Waals surface area contributed by atoms with E-state index in [2.05, 4.69) is 21.9 Å². The molecule has 2 rings (SSSR count). The van der Waals surface area contributed by atoms with Gasteiger partial charge in [0.15, 0.2) is 0 Å². The van der Waals surface area contributed by atoms with Crippen molar-refractivity contribution in [3.8, 4) is 6.07 Å². The Hall–Kier alpha value is -3.13. The Morgan fingerprint density at radius 2 is 2.00 bits per heavy atom. The summed E-state index contributed by atoms with van der Waals surface area (Å²) >= 11 is 0. The van der Waals surface area contributed by atoms with Gasteiger partial charge in [-0.15, -0.1) is 0 Å². The third kappa shape index (κ3) is 4.80. The molecule has 2 aromatic carbocycles. The van der Waals surface area contributed by atoms with Gasteiger partial charge in [-0.2, -0.15) is 10.4 Å². The molecule has 3 N–H and O–H groups in total. The minimum Gasteiger partial charge on any atom is -0.351 e. The average Bonchev–Trinajstić information content (AvgIpc) is 2.54.